The van der Waals surface area contributed by atoms with Crippen LogP contribution in [0.15, 0.2) is 51.7 Å². The number of halogens is 2. The monoisotopic (exact) mass is 402 g/mol. The molecule has 0 radical (unpaired) electrons. The van der Waals surface area contributed by atoms with Gasteiger partial charge in [-0.05, 0) is 48.7 Å². The number of ether oxygens (including phenoxy) is 1. The van der Waals surface area contributed by atoms with Gasteiger partial charge < -0.3 is 9.15 Å². The lowest BCUT2D eigenvalue weighted by atomic mass is 10.0. The Morgan fingerprint density at radius 2 is 1.93 bits per heavy atom. The van der Waals surface area contributed by atoms with Crippen LogP contribution in [0.3, 0.4) is 0 Å². The number of esters is 1. The Labute approximate surface area is 166 Å². The number of benzene rings is 2. The molecule has 1 aromatic heterocycles. The maximum absolute atomic E-state index is 12.0. The van der Waals surface area contributed by atoms with Gasteiger partial charge in [-0.2, -0.15) is 0 Å². The van der Waals surface area contributed by atoms with E-state index >= 15 is 0 Å². The van der Waals surface area contributed by atoms with Crippen molar-refractivity contribution in [2.75, 3.05) is 0 Å². The molecule has 0 saturated carbocycles. The summed E-state index contributed by atoms with van der Waals surface area (Å²) in [5.74, 6) is -0.550. The van der Waals surface area contributed by atoms with Gasteiger partial charge in [-0.15, -0.1) is 0 Å². The zero-order chi connectivity index (χ0) is 19.6. The molecular weight excluding hydrogens is 387 g/mol. The smallest absolute Gasteiger partial charge is 0.336 e. The normalized spacial score (nSPS) is 11.3. The van der Waals surface area contributed by atoms with E-state index in [9.17, 15) is 9.59 Å². The first kappa shape index (κ1) is 19.2. The van der Waals surface area contributed by atoms with Crippen LogP contribution in [0.1, 0.15) is 22.3 Å². The topological polar surface area (TPSA) is 56.5 Å². The number of rotatable bonds is 4. The Kier molecular flexibility index (Phi) is 5.68. The van der Waals surface area contributed by atoms with Gasteiger partial charge in [0.2, 0.25) is 0 Å². The van der Waals surface area contributed by atoms with E-state index in [1.54, 1.807) is 24.3 Å². The van der Waals surface area contributed by atoms with Crippen LogP contribution in [0, 0.1) is 13.8 Å². The summed E-state index contributed by atoms with van der Waals surface area (Å²) < 4.78 is 10.6. The lowest BCUT2D eigenvalue weighted by molar-refractivity contribution is -0.138. The second-order valence-corrected chi connectivity index (χ2v) is 6.93. The maximum atomic E-state index is 12.0. The Morgan fingerprint density at radius 1 is 1.15 bits per heavy atom. The van der Waals surface area contributed by atoms with Crippen molar-refractivity contribution in [2.45, 2.75) is 20.5 Å². The molecule has 4 nitrogen and oxygen atoms in total. The van der Waals surface area contributed by atoms with Gasteiger partial charge >= 0.3 is 11.6 Å². The summed E-state index contributed by atoms with van der Waals surface area (Å²) in [6, 6.07) is 10.1. The molecule has 0 saturated heterocycles. The van der Waals surface area contributed by atoms with Crippen LogP contribution in [0.25, 0.3) is 17.0 Å². The van der Waals surface area contributed by atoms with Crippen molar-refractivity contribution >= 4 is 46.2 Å². The average molecular weight is 403 g/mol. The average Bonchev–Trinajstić information content (AvgIpc) is 2.62. The zero-order valence-corrected chi connectivity index (χ0v) is 16.2. The van der Waals surface area contributed by atoms with Gasteiger partial charge in [0.1, 0.15) is 12.2 Å². The number of carbonyl (C=O) groups is 1. The van der Waals surface area contributed by atoms with E-state index in [0.29, 0.717) is 26.8 Å². The lowest BCUT2D eigenvalue weighted by Crippen LogP contribution is -2.06. The molecule has 3 rings (SSSR count). The second kappa shape index (κ2) is 7.99. The fraction of sp³-hybridized carbons (Fsp3) is 0.143. The van der Waals surface area contributed by atoms with Gasteiger partial charge in [0.15, 0.2) is 0 Å². The predicted molar refractivity (Wildman–Crippen MR) is 107 cm³/mol. The van der Waals surface area contributed by atoms with Crippen molar-refractivity contribution in [1.29, 1.82) is 0 Å². The summed E-state index contributed by atoms with van der Waals surface area (Å²) in [6.07, 6.45) is 2.82. The molecule has 0 spiro atoms. The van der Waals surface area contributed by atoms with E-state index in [1.165, 1.54) is 12.1 Å². The Morgan fingerprint density at radius 3 is 2.67 bits per heavy atom. The summed E-state index contributed by atoms with van der Waals surface area (Å²) >= 11 is 11.9. The number of carbonyl (C=O) groups excluding carboxylic acids is 1. The second-order valence-electron chi connectivity index (χ2n) is 6.08. The molecule has 2 aromatic carbocycles. The Balaban J connectivity index is 1.78. The molecule has 138 valence electrons. The first-order chi connectivity index (χ1) is 12.8. The van der Waals surface area contributed by atoms with Crippen molar-refractivity contribution in [1.82, 2.24) is 0 Å². The van der Waals surface area contributed by atoms with Gasteiger partial charge in [0, 0.05) is 33.1 Å². The van der Waals surface area contributed by atoms with Gasteiger partial charge in [-0.3, -0.25) is 0 Å². The maximum Gasteiger partial charge on any atom is 0.336 e. The summed E-state index contributed by atoms with van der Waals surface area (Å²) in [4.78, 5) is 23.9. The van der Waals surface area contributed by atoms with Crippen LogP contribution >= 0.6 is 23.2 Å². The van der Waals surface area contributed by atoms with Gasteiger partial charge in [-0.1, -0.05) is 41.4 Å². The van der Waals surface area contributed by atoms with E-state index in [0.717, 1.165) is 16.5 Å². The fourth-order valence-electron chi connectivity index (χ4n) is 2.64. The highest BCUT2D eigenvalue weighted by Crippen LogP contribution is 2.24. The molecule has 1 heterocycles. The molecule has 6 heteroatoms. The van der Waals surface area contributed by atoms with E-state index < -0.39 is 11.6 Å². The first-order valence-corrected chi connectivity index (χ1v) is 8.93. The molecule has 0 aliphatic heterocycles. The van der Waals surface area contributed by atoms with Crippen LogP contribution in [0.5, 0.6) is 0 Å². The number of hydrogen-bond acceptors (Lipinski definition) is 4. The van der Waals surface area contributed by atoms with Crippen molar-refractivity contribution in [3.8, 4) is 0 Å². The van der Waals surface area contributed by atoms with Crippen LogP contribution < -0.4 is 5.63 Å². The highest BCUT2D eigenvalue weighted by molar-refractivity contribution is 6.35. The van der Waals surface area contributed by atoms with E-state index in [4.69, 9.17) is 32.4 Å². The first-order valence-electron chi connectivity index (χ1n) is 8.18. The molecule has 0 N–H and O–H groups in total. The minimum Gasteiger partial charge on any atom is -0.458 e. The molecule has 0 unspecified atom stereocenters. The molecule has 0 atom stereocenters. The fourth-order valence-corrected chi connectivity index (χ4v) is 3.11. The predicted octanol–water partition coefficient (Wildman–Crippen LogP) is 5.47. The van der Waals surface area contributed by atoms with E-state index in [2.05, 4.69) is 0 Å². The minimum atomic E-state index is -0.550. The third-order valence-electron chi connectivity index (χ3n) is 4.25. The molecular formula is C21H16Cl2O4. The Hall–Kier alpha value is -2.56. The van der Waals surface area contributed by atoms with Crippen LogP contribution in [0.2, 0.25) is 10.0 Å². The van der Waals surface area contributed by atoms with Crippen molar-refractivity contribution in [3.63, 3.8) is 0 Å². The molecule has 0 aliphatic carbocycles. The van der Waals surface area contributed by atoms with Gasteiger partial charge in [-0.25, -0.2) is 9.59 Å². The Bertz CT molecular complexity index is 1110. The zero-order valence-electron chi connectivity index (χ0n) is 14.7. The third-order valence-corrected chi connectivity index (χ3v) is 4.81. The number of aryl methyl sites for hydroxylation is 2. The minimum absolute atomic E-state index is 0.0396. The standard InChI is InChI=1S/C21H16Cl2O4/c1-12-3-7-17-15(9-20(25)27-21(17)13(12)2)11-26-19(24)8-5-14-4-6-16(22)10-18(14)23/h3-10H,11H2,1-2H3/b8-5+. The van der Waals surface area contributed by atoms with E-state index in [-0.39, 0.29) is 6.61 Å². The van der Waals surface area contributed by atoms with Crippen molar-refractivity contribution in [3.05, 3.63) is 85.2 Å². The lowest BCUT2D eigenvalue weighted by Gasteiger charge is -2.09. The molecule has 3 aromatic rings. The molecule has 27 heavy (non-hydrogen) atoms. The summed E-state index contributed by atoms with van der Waals surface area (Å²) in [6.45, 7) is 3.78. The summed E-state index contributed by atoms with van der Waals surface area (Å²) in [5, 5.41) is 1.69. The van der Waals surface area contributed by atoms with Gasteiger partial charge in [0.25, 0.3) is 0 Å². The largest absolute Gasteiger partial charge is 0.458 e. The molecule has 0 amide bonds. The summed E-state index contributed by atoms with van der Waals surface area (Å²) in [7, 11) is 0. The van der Waals surface area contributed by atoms with Crippen molar-refractivity contribution in [2.24, 2.45) is 0 Å². The SMILES string of the molecule is Cc1ccc2c(COC(=O)/C=C/c3ccc(Cl)cc3Cl)cc(=O)oc2c1C. The molecule has 0 bridgehead atoms. The van der Waals surface area contributed by atoms with Gasteiger partial charge in [0.05, 0.1) is 0 Å². The quantitative estimate of drug-likeness (QED) is 0.329. The van der Waals surface area contributed by atoms with E-state index in [1.807, 2.05) is 26.0 Å². The highest BCUT2D eigenvalue weighted by atomic mass is 35.5. The van der Waals surface area contributed by atoms with Crippen LogP contribution in [0.4, 0.5) is 0 Å². The van der Waals surface area contributed by atoms with Crippen molar-refractivity contribution < 1.29 is 13.9 Å². The molecule has 0 fully saturated rings. The number of fused-ring (bicyclic) bond motifs is 1. The summed E-state index contributed by atoms with van der Waals surface area (Å²) in [5.41, 5.74) is 3.17. The highest BCUT2D eigenvalue weighted by Gasteiger charge is 2.11. The number of hydrogen-bond donors (Lipinski definition) is 0. The van der Waals surface area contributed by atoms with Crippen LogP contribution in [-0.4, -0.2) is 5.97 Å². The third kappa shape index (κ3) is 4.41. The van der Waals surface area contributed by atoms with Crippen LogP contribution in [-0.2, 0) is 16.1 Å². The molecule has 0 aliphatic rings.